The number of aromatic nitrogens is 2. The van der Waals surface area contributed by atoms with Crippen molar-refractivity contribution in [2.75, 3.05) is 17.6 Å². The molecule has 0 unspecified atom stereocenters. The fraction of sp³-hybridized carbons (Fsp3) is 0.250. The van der Waals surface area contributed by atoms with Crippen LogP contribution in [-0.2, 0) is 11.2 Å². The van der Waals surface area contributed by atoms with Crippen LogP contribution in [0, 0.1) is 13.8 Å². The molecule has 7 heteroatoms. The number of thioether (sulfide) groups is 1. The second kappa shape index (κ2) is 9.53. The van der Waals surface area contributed by atoms with E-state index in [2.05, 4.69) is 46.0 Å². The summed E-state index contributed by atoms with van der Waals surface area (Å²) < 4.78 is 0.777. The maximum atomic E-state index is 12.0. The van der Waals surface area contributed by atoms with Crippen molar-refractivity contribution in [3.63, 3.8) is 0 Å². The van der Waals surface area contributed by atoms with E-state index in [0.717, 1.165) is 21.6 Å². The van der Waals surface area contributed by atoms with Crippen molar-refractivity contribution in [3.05, 3.63) is 65.2 Å². The number of carbonyl (C=O) groups excluding carboxylic acids is 1. The second-order valence-electron chi connectivity index (χ2n) is 6.18. The lowest BCUT2D eigenvalue weighted by Gasteiger charge is -2.06. The van der Waals surface area contributed by atoms with Gasteiger partial charge in [-0.3, -0.25) is 4.79 Å². The van der Waals surface area contributed by atoms with Crippen molar-refractivity contribution in [2.45, 2.75) is 24.6 Å². The van der Waals surface area contributed by atoms with Gasteiger partial charge in [-0.1, -0.05) is 59.5 Å². The third kappa shape index (κ3) is 6.08. The molecule has 0 bridgehead atoms. The number of aryl methyl sites for hydroxylation is 2. The van der Waals surface area contributed by atoms with Gasteiger partial charge in [-0.25, -0.2) is 0 Å². The smallest absolute Gasteiger partial charge is 0.230 e. The van der Waals surface area contributed by atoms with Crippen molar-refractivity contribution < 1.29 is 4.79 Å². The fourth-order valence-electron chi connectivity index (χ4n) is 2.57. The summed E-state index contributed by atoms with van der Waals surface area (Å²) in [5.41, 5.74) is 4.68. The normalized spacial score (nSPS) is 10.6. The largest absolute Gasteiger partial charge is 0.355 e. The van der Waals surface area contributed by atoms with E-state index in [1.54, 1.807) is 0 Å². The van der Waals surface area contributed by atoms with Crippen molar-refractivity contribution in [3.8, 4) is 0 Å². The Morgan fingerprint density at radius 1 is 1.11 bits per heavy atom. The lowest BCUT2D eigenvalue weighted by Crippen LogP contribution is -2.27. The predicted molar refractivity (Wildman–Crippen MR) is 113 cm³/mol. The molecule has 1 aromatic heterocycles. The Labute approximate surface area is 167 Å². The zero-order valence-electron chi connectivity index (χ0n) is 15.4. The van der Waals surface area contributed by atoms with Crippen LogP contribution in [0.3, 0.4) is 0 Å². The highest BCUT2D eigenvalue weighted by Gasteiger charge is 2.08. The van der Waals surface area contributed by atoms with Crippen LogP contribution in [0.1, 0.15) is 16.7 Å². The topological polar surface area (TPSA) is 66.9 Å². The Balaban J connectivity index is 1.41. The van der Waals surface area contributed by atoms with Gasteiger partial charge in [0, 0.05) is 12.2 Å². The van der Waals surface area contributed by atoms with E-state index in [4.69, 9.17) is 0 Å². The quantitative estimate of drug-likeness (QED) is 0.552. The number of carbonyl (C=O) groups is 1. The Kier molecular flexibility index (Phi) is 6.84. The van der Waals surface area contributed by atoms with Gasteiger partial charge >= 0.3 is 0 Å². The minimum Gasteiger partial charge on any atom is -0.355 e. The highest BCUT2D eigenvalue weighted by molar-refractivity contribution is 8.01. The van der Waals surface area contributed by atoms with Gasteiger partial charge in [0.25, 0.3) is 0 Å². The molecule has 5 nitrogen and oxygen atoms in total. The van der Waals surface area contributed by atoms with E-state index >= 15 is 0 Å². The highest BCUT2D eigenvalue weighted by Crippen LogP contribution is 2.27. The lowest BCUT2D eigenvalue weighted by atomic mass is 10.1. The molecule has 3 aromatic rings. The van der Waals surface area contributed by atoms with Gasteiger partial charge in [-0.15, -0.1) is 10.2 Å². The summed E-state index contributed by atoms with van der Waals surface area (Å²) in [5, 5.41) is 15.2. The molecular formula is C20H22N4OS2. The van der Waals surface area contributed by atoms with Gasteiger partial charge in [-0.05, 0) is 49.1 Å². The SMILES string of the molecule is Cc1cccc(Nc2nnc(SCC(=O)NCCc3ccccc3C)s2)c1. The number of amides is 1. The molecule has 0 saturated heterocycles. The molecule has 140 valence electrons. The molecule has 0 spiro atoms. The number of hydrogen-bond donors (Lipinski definition) is 2. The van der Waals surface area contributed by atoms with Crippen LogP contribution in [0.15, 0.2) is 52.9 Å². The molecule has 1 amide bonds. The lowest BCUT2D eigenvalue weighted by molar-refractivity contribution is -0.118. The van der Waals surface area contributed by atoms with Crippen LogP contribution in [0.4, 0.5) is 10.8 Å². The van der Waals surface area contributed by atoms with E-state index in [1.165, 1.54) is 39.8 Å². The predicted octanol–water partition coefficient (Wildman–Crippen LogP) is 4.35. The second-order valence-corrected chi connectivity index (χ2v) is 8.38. The van der Waals surface area contributed by atoms with E-state index < -0.39 is 0 Å². The monoisotopic (exact) mass is 398 g/mol. The highest BCUT2D eigenvalue weighted by atomic mass is 32.2. The zero-order chi connectivity index (χ0) is 19.1. The Bertz CT molecular complexity index is 910. The van der Waals surface area contributed by atoms with E-state index in [0.29, 0.717) is 12.3 Å². The summed E-state index contributed by atoms with van der Waals surface area (Å²) in [6, 6.07) is 16.3. The number of rotatable bonds is 8. The third-order valence-corrected chi connectivity index (χ3v) is 5.95. The number of anilines is 2. The number of hydrogen-bond acceptors (Lipinski definition) is 6. The average molecular weight is 399 g/mol. The maximum Gasteiger partial charge on any atom is 0.230 e. The molecule has 3 rings (SSSR count). The summed E-state index contributed by atoms with van der Waals surface area (Å²) in [5.74, 6) is 0.351. The van der Waals surface area contributed by atoms with Gasteiger partial charge in [0.2, 0.25) is 11.0 Å². The Morgan fingerprint density at radius 2 is 1.96 bits per heavy atom. The summed E-state index contributed by atoms with van der Waals surface area (Å²) >= 11 is 2.85. The van der Waals surface area contributed by atoms with Gasteiger partial charge in [0.05, 0.1) is 5.75 Å². The van der Waals surface area contributed by atoms with Gasteiger partial charge in [-0.2, -0.15) is 0 Å². The summed E-state index contributed by atoms with van der Waals surface area (Å²) in [7, 11) is 0. The van der Waals surface area contributed by atoms with Crippen LogP contribution >= 0.6 is 23.1 Å². The number of nitrogens with one attached hydrogen (secondary N) is 2. The summed E-state index contributed by atoms with van der Waals surface area (Å²) in [6.45, 7) is 4.77. The van der Waals surface area contributed by atoms with Crippen molar-refractivity contribution in [1.82, 2.24) is 15.5 Å². The van der Waals surface area contributed by atoms with Crippen LogP contribution in [0.2, 0.25) is 0 Å². The average Bonchev–Trinajstić information content (AvgIpc) is 3.09. The van der Waals surface area contributed by atoms with Crippen LogP contribution in [0.25, 0.3) is 0 Å². The molecule has 2 N–H and O–H groups in total. The van der Waals surface area contributed by atoms with Gasteiger partial charge < -0.3 is 10.6 Å². The summed E-state index contributed by atoms with van der Waals surface area (Å²) in [6.07, 6.45) is 0.840. The first-order valence-corrected chi connectivity index (χ1v) is 10.5. The van der Waals surface area contributed by atoms with Crippen LogP contribution < -0.4 is 10.6 Å². The van der Waals surface area contributed by atoms with E-state index in [-0.39, 0.29) is 5.91 Å². The first kappa shape index (κ1) is 19.4. The molecule has 2 aromatic carbocycles. The van der Waals surface area contributed by atoms with Crippen LogP contribution in [-0.4, -0.2) is 28.4 Å². The number of nitrogens with zero attached hydrogens (tertiary/aromatic N) is 2. The van der Waals surface area contributed by atoms with Crippen LogP contribution in [0.5, 0.6) is 0 Å². The molecule has 0 fully saturated rings. The van der Waals surface area contributed by atoms with Crippen molar-refractivity contribution in [1.29, 1.82) is 0 Å². The van der Waals surface area contributed by atoms with Crippen molar-refractivity contribution >= 4 is 39.8 Å². The Morgan fingerprint density at radius 3 is 2.78 bits per heavy atom. The molecule has 1 heterocycles. The maximum absolute atomic E-state index is 12.0. The molecule has 0 radical (unpaired) electrons. The first-order chi connectivity index (χ1) is 13.1. The van der Waals surface area contributed by atoms with E-state index in [1.807, 2.05) is 37.3 Å². The molecule has 0 aliphatic rings. The molecule has 0 aliphatic heterocycles. The fourth-order valence-corrected chi connectivity index (χ4v) is 4.17. The first-order valence-electron chi connectivity index (χ1n) is 8.71. The molecule has 0 saturated carbocycles. The van der Waals surface area contributed by atoms with Crippen molar-refractivity contribution in [2.24, 2.45) is 0 Å². The van der Waals surface area contributed by atoms with E-state index in [9.17, 15) is 4.79 Å². The number of benzene rings is 2. The summed E-state index contributed by atoms with van der Waals surface area (Å²) in [4.78, 5) is 12.0. The Hall–Kier alpha value is -2.38. The standard InChI is InChI=1S/C20H22N4OS2/c1-14-6-5-9-17(12-14)22-19-23-24-20(27-19)26-13-18(25)21-11-10-16-8-4-3-7-15(16)2/h3-9,12H,10-11,13H2,1-2H3,(H,21,25)(H,22,23). The minimum atomic E-state index is 0.0111. The molecule has 0 aliphatic carbocycles. The third-order valence-electron chi connectivity index (χ3n) is 3.98. The molecule has 27 heavy (non-hydrogen) atoms. The van der Waals surface area contributed by atoms with Gasteiger partial charge in [0.1, 0.15) is 0 Å². The molecule has 0 atom stereocenters. The zero-order valence-corrected chi connectivity index (χ0v) is 17.0. The molecular weight excluding hydrogens is 376 g/mol. The van der Waals surface area contributed by atoms with Gasteiger partial charge in [0.15, 0.2) is 4.34 Å². The minimum absolute atomic E-state index is 0.0111.